The van der Waals surface area contributed by atoms with Gasteiger partial charge in [-0.1, -0.05) is 11.6 Å². The molecule has 0 unspecified atom stereocenters. The second-order valence-corrected chi connectivity index (χ2v) is 6.56. The zero-order valence-electron chi connectivity index (χ0n) is 15.6. The standard InChI is InChI=1S/C22H17ClFN3O3/c23-17-5-3-16(4-6-17)22(29)27-25-13-15-1-11-20(12-2-15)30-14-21(28)26-19-9-7-18(24)8-10-19/h1-13H,14H2,(H,26,28)(H,27,29)/b25-13+. The molecule has 6 nitrogen and oxygen atoms in total. The summed E-state index contributed by atoms with van der Waals surface area (Å²) in [7, 11) is 0. The number of rotatable bonds is 7. The number of hydrogen-bond donors (Lipinski definition) is 2. The monoisotopic (exact) mass is 425 g/mol. The molecule has 3 aromatic rings. The summed E-state index contributed by atoms with van der Waals surface area (Å²) in [4.78, 5) is 23.8. The van der Waals surface area contributed by atoms with E-state index in [1.165, 1.54) is 30.5 Å². The van der Waals surface area contributed by atoms with Crippen molar-refractivity contribution in [3.8, 4) is 5.75 Å². The van der Waals surface area contributed by atoms with Crippen LogP contribution in [0.3, 0.4) is 0 Å². The van der Waals surface area contributed by atoms with Crippen LogP contribution in [0, 0.1) is 5.82 Å². The largest absolute Gasteiger partial charge is 0.484 e. The lowest BCUT2D eigenvalue weighted by molar-refractivity contribution is -0.118. The number of anilines is 1. The Kier molecular flexibility index (Phi) is 7.13. The first kappa shape index (κ1) is 21.0. The van der Waals surface area contributed by atoms with Gasteiger partial charge in [-0.3, -0.25) is 9.59 Å². The van der Waals surface area contributed by atoms with Gasteiger partial charge in [-0.05, 0) is 78.4 Å². The molecule has 152 valence electrons. The van der Waals surface area contributed by atoms with Gasteiger partial charge in [0.1, 0.15) is 11.6 Å². The Morgan fingerprint density at radius 1 is 0.967 bits per heavy atom. The SMILES string of the molecule is O=C(COc1ccc(/C=N/NC(=O)c2ccc(Cl)cc2)cc1)Nc1ccc(F)cc1. The molecule has 0 saturated carbocycles. The van der Waals surface area contributed by atoms with Crippen molar-refractivity contribution < 1.29 is 18.7 Å². The molecule has 0 radical (unpaired) electrons. The normalized spacial score (nSPS) is 10.6. The molecule has 0 aliphatic heterocycles. The van der Waals surface area contributed by atoms with Crippen LogP contribution < -0.4 is 15.5 Å². The van der Waals surface area contributed by atoms with E-state index < -0.39 is 0 Å². The number of nitrogens with one attached hydrogen (secondary N) is 2. The molecule has 0 atom stereocenters. The van der Waals surface area contributed by atoms with Crippen molar-refractivity contribution in [3.63, 3.8) is 0 Å². The van der Waals surface area contributed by atoms with Crippen LogP contribution in [-0.4, -0.2) is 24.6 Å². The van der Waals surface area contributed by atoms with Gasteiger partial charge in [0.25, 0.3) is 11.8 Å². The van der Waals surface area contributed by atoms with Crippen molar-refractivity contribution in [2.45, 2.75) is 0 Å². The lowest BCUT2D eigenvalue weighted by Crippen LogP contribution is -2.20. The molecule has 0 aliphatic carbocycles. The number of hydrazone groups is 1. The zero-order chi connectivity index (χ0) is 21.3. The van der Waals surface area contributed by atoms with E-state index in [9.17, 15) is 14.0 Å². The number of amides is 2. The van der Waals surface area contributed by atoms with Gasteiger partial charge in [-0.2, -0.15) is 5.10 Å². The molecule has 0 spiro atoms. The highest BCUT2D eigenvalue weighted by molar-refractivity contribution is 6.30. The Morgan fingerprint density at radius 2 is 1.63 bits per heavy atom. The van der Waals surface area contributed by atoms with E-state index >= 15 is 0 Å². The summed E-state index contributed by atoms with van der Waals surface area (Å²) in [5.74, 6) is -0.601. The van der Waals surface area contributed by atoms with Crippen molar-refractivity contribution >= 4 is 35.3 Å². The Hall–Kier alpha value is -3.71. The fourth-order valence-corrected chi connectivity index (χ4v) is 2.49. The fraction of sp³-hybridized carbons (Fsp3) is 0.0455. The van der Waals surface area contributed by atoms with E-state index in [0.29, 0.717) is 22.0 Å². The highest BCUT2D eigenvalue weighted by Gasteiger charge is 2.05. The van der Waals surface area contributed by atoms with Gasteiger partial charge in [0.2, 0.25) is 0 Å². The number of halogens is 2. The van der Waals surface area contributed by atoms with Crippen LogP contribution in [0.25, 0.3) is 0 Å². The molecule has 3 aromatic carbocycles. The number of benzene rings is 3. The summed E-state index contributed by atoms with van der Waals surface area (Å²) in [6.45, 7) is -0.192. The van der Waals surface area contributed by atoms with Crippen LogP contribution in [0.5, 0.6) is 5.75 Å². The predicted octanol–water partition coefficient (Wildman–Crippen LogP) is 4.26. The van der Waals surface area contributed by atoms with Crippen molar-refractivity contribution in [1.82, 2.24) is 5.43 Å². The minimum Gasteiger partial charge on any atom is -0.484 e. The minimum absolute atomic E-state index is 0.192. The van der Waals surface area contributed by atoms with Gasteiger partial charge in [-0.15, -0.1) is 0 Å². The van der Waals surface area contributed by atoms with E-state index in [2.05, 4.69) is 15.8 Å². The molecule has 0 aromatic heterocycles. The maximum Gasteiger partial charge on any atom is 0.271 e. The van der Waals surface area contributed by atoms with Gasteiger partial charge in [0.15, 0.2) is 6.61 Å². The van der Waals surface area contributed by atoms with Gasteiger partial charge in [0, 0.05) is 16.3 Å². The van der Waals surface area contributed by atoms with Crippen LogP contribution in [0.4, 0.5) is 10.1 Å². The highest BCUT2D eigenvalue weighted by atomic mass is 35.5. The van der Waals surface area contributed by atoms with E-state index in [-0.39, 0.29) is 24.2 Å². The number of carbonyl (C=O) groups is 2. The predicted molar refractivity (Wildman–Crippen MR) is 113 cm³/mol. The smallest absolute Gasteiger partial charge is 0.271 e. The average molecular weight is 426 g/mol. The second kappa shape index (κ2) is 10.2. The third-order valence-electron chi connectivity index (χ3n) is 3.86. The third-order valence-corrected chi connectivity index (χ3v) is 4.12. The highest BCUT2D eigenvalue weighted by Crippen LogP contribution is 2.12. The topological polar surface area (TPSA) is 79.8 Å². The fourth-order valence-electron chi connectivity index (χ4n) is 2.36. The van der Waals surface area contributed by atoms with Gasteiger partial charge in [0.05, 0.1) is 6.21 Å². The summed E-state index contributed by atoms with van der Waals surface area (Å²) < 4.78 is 18.3. The average Bonchev–Trinajstić information content (AvgIpc) is 2.75. The van der Waals surface area contributed by atoms with E-state index in [1.54, 1.807) is 48.5 Å². The van der Waals surface area contributed by atoms with Gasteiger partial charge >= 0.3 is 0 Å². The molecule has 0 aliphatic rings. The Bertz CT molecular complexity index is 1040. The van der Waals surface area contributed by atoms with Crippen molar-refractivity contribution in [3.05, 3.63) is 94.8 Å². The summed E-state index contributed by atoms with van der Waals surface area (Å²) in [6, 6.07) is 18.7. The Morgan fingerprint density at radius 3 is 2.30 bits per heavy atom. The molecule has 3 rings (SSSR count). The van der Waals surface area contributed by atoms with E-state index in [0.717, 1.165) is 5.56 Å². The second-order valence-electron chi connectivity index (χ2n) is 6.12. The summed E-state index contributed by atoms with van der Waals surface area (Å²) >= 11 is 5.79. The summed E-state index contributed by atoms with van der Waals surface area (Å²) in [5, 5.41) is 7.06. The van der Waals surface area contributed by atoms with Crippen LogP contribution in [0.2, 0.25) is 5.02 Å². The number of ether oxygens (including phenoxy) is 1. The first-order valence-electron chi connectivity index (χ1n) is 8.87. The number of nitrogens with zero attached hydrogens (tertiary/aromatic N) is 1. The lowest BCUT2D eigenvalue weighted by Gasteiger charge is -2.07. The third kappa shape index (κ3) is 6.42. The number of hydrogen-bond acceptors (Lipinski definition) is 4. The molecule has 0 heterocycles. The molecule has 30 heavy (non-hydrogen) atoms. The van der Waals surface area contributed by atoms with Crippen LogP contribution >= 0.6 is 11.6 Å². The quantitative estimate of drug-likeness (QED) is 0.438. The molecule has 0 bridgehead atoms. The van der Waals surface area contributed by atoms with Crippen molar-refractivity contribution in [2.24, 2.45) is 5.10 Å². The number of carbonyl (C=O) groups excluding carboxylic acids is 2. The van der Waals surface area contributed by atoms with Crippen molar-refractivity contribution in [1.29, 1.82) is 0 Å². The molecular formula is C22H17ClFN3O3. The summed E-state index contributed by atoms with van der Waals surface area (Å²) in [6.07, 6.45) is 1.48. The molecule has 0 saturated heterocycles. The van der Waals surface area contributed by atoms with E-state index in [1.807, 2.05) is 0 Å². The Labute approximate surface area is 177 Å². The van der Waals surface area contributed by atoms with Gasteiger partial charge < -0.3 is 10.1 Å². The van der Waals surface area contributed by atoms with E-state index in [4.69, 9.17) is 16.3 Å². The zero-order valence-corrected chi connectivity index (χ0v) is 16.4. The van der Waals surface area contributed by atoms with Crippen LogP contribution in [0.1, 0.15) is 15.9 Å². The summed E-state index contributed by atoms with van der Waals surface area (Å²) in [5.41, 5.74) is 4.09. The molecular weight excluding hydrogens is 409 g/mol. The maximum atomic E-state index is 12.9. The van der Waals surface area contributed by atoms with Crippen LogP contribution in [-0.2, 0) is 4.79 Å². The molecule has 2 N–H and O–H groups in total. The lowest BCUT2D eigenvalue weighted by atomic mass is 10.2. The van der Waals surface area contributed by atoms with Crippen molar-refractivity contribution in [2.75, 3.05) is 11.9 Å². The first-order valence-corrected chi connectivity index (χ1v) is 9.25. The molecule has 2 amide bonds. The minimum atomic E-state index is -0.377. The first-order chi connectivity index (χ1) is 14.5. The maximum absolute atomic E-state index is 12.9. The van der Waals surface area contributed by atoms with Crippen LogP contribution in [0.15, 0.2) is 77.9 Å². The Balaban J connectivity index is 1.45. The molecule has 0 fully saturated rings. The van der Waals surface area contributed by atoms with Gasteiger partial charge in [-0.25, -0.2) is 9.82 Å². The molecule has 8 heteroatoms.